The summed E-state index contributed by atoms with van der Waals surface area (Å²) in [5.41, 5.74) is 2.31. The van der Waals surface area contributed by atoms with Gasteiger partial charge in [0.1, 0.15) is 6.61 Å². The van der Waals surface area contributed by atoms with Crippen LogP contribution in [0, 0.1) is 18.3 Å². The van der Waals surface area contributed by atoms with E-state index in [9.17, 15) is 4.79 Å². The lowest BCUT2D eigenvalue weighted by molar-refractivity contribution is 0.0464. The highest BCUT2D eigenvalue weighted by Gasteiger charge is 2.18. The molecule has 124 valence electrons. The highest BCUT2D eigenvalue weighted by Crippen LogP contribution is 2.15. The Labute approximate surface area is 149 Å². The number of hydrogen-bond acceptors (Lipinski definition) is 5. The zero-order valence-electron chi connectivity index (χ0n) is 13.3. The van der Waals surface area contributed by atoms with Gasteiger partial charge in [-0.25, -0.2) is 4.79 Å². The van der Waals surface area contributed by atoms with E-state index in [0.29, 0.717) is 27.5 Å². The third-order valence-electron chi connectivity index (χ3n) is 3.51. The third kappa shape index (κ3) is 3.67. The highest BCUT2D eigenvalue weighted by atomic mass is 35.5. The Morgan fingerprint density at radius 3 is 2.80 bits per heavy atom. The summed E-state index contributed by atoms with van der Waals surface area (Å²) >= 11 is 5.96. The van der Waals surface area contributed by atoms with Gasteiger partial charge in [-0.15, -0.1) is 5.10 Å². The molecule has 0 atom stereocenters. The standard InChI is InChI=1S/C18H13ClN4O2/c1-12-17(22-23(21-12)16-8-4-7-15(19)9-16)18(24)25-11-14-6-3-2-5-13(14)10-20/h2-9H,11H2,1H3. The van der Waals surface area contributed by atoms with Crippen molar-refractivity contribution in [3.05, 3.63) is 76.1 Å². The number of esters is 1. The van der Waals surface area contributed by atoms with Crippen molar-refractivity contribution in [1.82, 2.24) is 15.0 Å². The van der Waals surface area contributed by atoms with Crippen molar-refractivity contribution in [2.75, 3.05) is 0 Å². The topological polar surface area (TPSA) is 80.8 Å². The van der Waals surface area contributed by atoms with Crippen molar-refractivity contribution in [3.63, 3.8) is 0 Å². The summed E-state index contributed by atoms with van der Waals surface area (Å²) in [5, 5.41) is 18.0. The molecule has 6 nitrogen and oxygen atoms in total. The Morgan fingerprint density at radius 2 is 2.04 bits per heavy atom. The van der Waals surface area contributed by atoms with Crippen LogP contribution in [0.25, 0.3) is 5.69 Å². The first kappa shape index (κ1) is 16.7. The summed E-state index contributed by atoms with van der Waals surface area (Å²) in [7, 11) is 0. The predicted octanol–water partition coefficient (Wildman–Crippen LogP) is 3.46. The Bertz CT molecular complexity index is 975. The van der Waals surface area contributed by atoms with Gasteiger partial charge in [0.25, 0.3) is 0 Å². The van der Waals surface area contributed by atoms with Crippen LogP contribution in [0.5, 0.6) is 0 Å². The number of halogens is 1. The number of rotatable bonds is 4. The van der Waals surface area contributed by atoms with Gasteiger partial charge >= 0.3 is 5.97 Å². The molecule has 0 aliphatic heterocycles. The Kier molecular flexibility index (Phi) is 4.78. The lowest BCUT2D eigenvalue weighted by Gasteiger charge is -2.05. The fourth-order valence-corrected chi connectivity index (χ4v) is 2.43. The van der Waals surface area contributed by atoms with Crippen molar-refractivity contribution in [2.45, 2.75) is 13.5 Å². The quantitative estimate of drug-likeness (QED) is 0.672. The number of carbonyl (C=O) groups is 1. The highest BCUT2D eigenvalue weighted by molar-refractivity contribution is 6.30. The summed E-state index contributed by atoms with van der Waals surface area (Å²) in [6, 6.07) is 16.0. The average Bonchev–Trinajstić information content (AvgIpc) is 3.02. The fourth-order valence-electron chi connectivity index (χ4n) is 2.25. The minimum absolute atomic E-state index is 0.00790. The first-order chi connectivity index (χ1) is 12.1. The largest absolute Gasteiger partial charge is 0.456 e. The molecule has 0 bridgehead atoms. The van der Waals surface area contributed by atoms with E-state index >= 15 is 0 Å². The van der Waals surface area contributed by atoms with E-state index in [1.807, 2.05) is 0 Å². The number of carbonyl (C=O) groups excluding carboxylic acids is 1. The molecule has 0 N–H and O–H groups in total. The predicted molar refractivity (Wildman–Crippen MR) is 91.4 cm³/mol. The van der Waals surface area contributed by atoms with Gasteiger partial charge in [-0.2, -0.15) is 15.2 Å². The first-order valence-corrected chi connectivity index (χ1v) is 7.81. The SMILES string of the molecule is Cc1nn(-c2cccc(Cl)c2)nc1C(=O)OCc1ccccc1C#N. The summed E-state index contributed by atoms with van der Waals surface area (Å²) < 4.78 is 5.28. The van der Waals surface area contributed by atoms with Crippen molar-refractivity contribution in [3.8, 4) is 11.8 Å². The smallest absolute Gasteiger partial charge is 0.361 e. The summed E-state index contributed by atoms with van der Waals surface area (Å²) in [4.78, 5) is 13.6. The summed E-state index contributed by atoms with van der Waals surface area (Å²) in [5.74, 6) is -0.599. The Morgan fingerprint density at radius 1 is 1.24 bits per heavy atom. The van der Waals surface area contributed by atoms with Gasteiger partial charge in [-0.05, 0) is 31.2 Å². The van der Waals surface area contributed by atoms with Crippen LogP contribution < -0.4 is 0 Å². The molecule has 0 saturated heterocycles. The van der Waals surface area contributed by atoms with E-state index in [1.165, 1.54) is 4.80 Å². The first-order valence-electron chi connectivity index (χ1n) is 7.43. The molecule has 0 spiro atoms. The minimum Gasteiger partial charge on any atom is -0.456 e. The van der Waals surface area contributed by atoms with Gasteiger partial charge in [-0.1, -0.05) is 35.9 Å². The molecule has 0 amide bonds. The van der Waals surface area contributed by atoms with E-state index < -0.39 is 5.97 Å². The molecular formula is C18H13ClN4O2. The maximum atomic E-state index is 12.3. The van der Waals surface area contributed by atoms with Crippen LogP contribution in [0.15, 0.2) is 48.5 Å². The number of nitriles is 1. The van der Waals surface area contributed by atoms with E-state index in [-0.39, 0.29) is 12.3 Å². The molecular weight excluding hydrogens is 340 g/mol. The van der Waals surface area contributed by atoms with Gasteiger partial charge in [0.05, 0.1) is 23.0 Å². The molecule has 3 rings (SSSR count). The maximum absolute atomic E-state index is 12.3. The molecule has 3 aromatic rings. The van der Waals surface area contributed by atoms with Gasteiger partial charge in [0.15, 0.2) is 5.69 Å². The van der Waals surface area contributed by atoms with Crippen molar-refractivity contribution in [2.24, 2.45) is 0 Å². The second-order valence-corrected chi connectivity index (χ2v) is 5.68. The van der Waals surface area contributed by atoms with Crippen LogP contribution in [0.2, 0.25) is 5.02 Å². The van der Waals surface area contributed by atoms with Gasteiger partial charge in [0, 0.05) is 10.6 Å². The normalized spacial score (nSPS) is 10.3. The third-order valence-corrected chi connectivity index (χ3v) is 3.75. The molecule has 7 heteroatoms. The molecule has 0 aliphatic rings. The summed E-state index contributed by atoms with van der Waals surface area (Å²) in [6.07, 6.45) is 0. The van der Waals surface area contributed by atoms with Crippen LogP contribution >= 0.6 is 11.6 Å². The van der Waals surface area contributed by atoms with E-state index in [1.54, 1.807) is 55.5 Å². The van der Waals surface area contributed by atoms with Crippen molar-refractivity contribution < 1.29 is 9.53 Å². The number of nitrogens with zero attached hydrogens (tertiary/aromatic N) is 4. The van der Waals surface area contributed by atoms with Crippen molar-refractivity contribution in [1.29, 1.82) is 5.26 Å². The Balaban J connectivity index is 1.78. The molecule has 0 unspecified atom stereocenters. The van der Waals surface area contributed by atoms with Gasteiger partial charge < -0.3 is 4.74 Å². The van der Waals surface area contributed by atoms with E-state index in [2.05, 4.69) is 16.3 Å². The average molecular weight is 353 g/mol. The zero-order chi connectivity index (χ0) is 17.8. The fraction of sp³-hybridized carbons (Fsp3) is 0.111. The number of aromatic nitrogens is 3. The van der Waals surface area contributed by atoms with Crippen LogP contribution in [0.1, 0.15) is 27.3 Å². The van der Waals surface area contributed by atoms with Gasteiger partial charge in [-0.3, -0.25) is 0 Å². The van der Waals surface area contributed by atoms with E-state index in [4.69, 9.17) is 21.6 Å². The number of aryl methyl sites for hydroxylation is 1. The molecule has 0 radical (unpaired) electrons. The summed E-state index contributed by atoms with van der Waals surface area (Å²) in [6.45, 7) is 1.67. The second-order valence-electron chi connectivity index (χ2n) is 5.25. The molecule has 25 heavy (non-hydrogen) atoms. The zero-order valence-corrected chi connectivity index (χ0v) is 14.1. The molecule has 0 saturated carbocycles. The lowest BCUT2D eigenvalue weighted by Crippen LogP contribution is -2.09. The molecule has 0 fully saturated rings. The number of ether oxygens (including phenoxy) is 1. The van der Waals surface area contributed by atoms with Crippen LogP contribution in [0.4, 0.5) is 0 Å². The van der Waals surface area contributed by atoms with E-state index in [0.717, 1.165) is 0 Å². The number of hydrogen-bond donors (Lipinski definition) is 0. The molecule has 2 aromatic carbocycles. The van der Waals surface area contributed by atoms with Gasteiger partial charge in [0.2, 0.25) is 0 Å². The minimum atomic E-state index is -0.599. The number of benzene rings is 2. The Hall–Kier alpha value is -3.17. The molecule has 0 aliphatic carbocycles. The maximum Gasteiger partial charge on any atom is 0.361 e. The van der Waals surface area contributed by atoms with Crippen molar-refractivity contribution >= 4 is 17.6 Å². The van der Waals surface area contributed by atoms with Crippen LogP contribution in [-0.2, 0) is 11.3 Å². The lowest BCUT2D eigenvalue weighted by atomic mass is 10.1. The van der Waals surface area contributed by atoms with Crippen LogP contribution in [0.3, 0.4) is 0 Å². The van der Waals surface area contributed by atoms with Crippen LogP contribution in [-0.4, -0.2) is 21.0 Å². The molecule has 1 heterocycles. The monoisotopic (exact) mass is 352 g/mol. The molecule has 1 aromatic heterocycles. The second kappa shape index (κ2) is 7.16.